The molecule has 2 aromatic rings. The summed E-state index contributed by atoms with van der Waals surface area (Å²) in [6.07, 6.45) is -0.0859. The maximum Gasteiger partial charge on any atom is 0.295 e. The molecule has 11 heteroatoms. The Morgan fingerprint density at radius 2 is 1.47 bits per heavy atom. The number of Topliss-reactive ketones (excluding diaryl/α,β-unsaturated/α-hetero) is 1. The standard InChI is InChI=1S/C27H32ClNO9/c1-14(2)38-9-8-29-23(15-10-20(35-5)26(37-7)21(11-15)36-6)22(25(31)27(29)32)24(30)16-12-19(34-4)17(28)13-18(16)33-3/h10-14,23,30H,8-9H2,1-7H3/b24-22+. The average Bonchev–Trinajstić information content (AvgIpc) is 3.16. The minimum atomic E-state index is -1.01. The highest BCUT2D eigenvalue weighted by atomic mass is 35.5. The fraction of sp³-hybridized carbons (Fsp3) is 0.407. The van der Waals surface area contributed by atoms with Crippen molar-refractivity contribution >= 4 is 29.1 Å². The zero-order valence-corrected chi connectivity index (χ0v) is 23.2. The summed E-state index contributed by atoms with van der Waals surface area (Å²) in [5.41, 5.74) is 0.420. The normalized spacial score (nSPS) is 16.7. The molecule has 1 amide bonds. The number of aliphatic hydroxyl groups is 1. The van der Waals surface area contributed by atoms with Gasteiger partial charge in [0.25, 0.3) is 11.7 Å². The van der Waals surface area contributed by atoms with E-state index < -0.39 is 23.5 Å². The van der Waals surface area contributed by atoms with E-state index in [0.29, 0.717) is 22.8 Å². The van der Waals surface area contributed by atoms with Gasteiger partial charge >= 0.3 is 0 Å². The van der Waals surface area contributed by atoms with E-state index in [9.17, 15) is 14.7 Å². The Bertz CT molecular complexity index is 1220. The maximum atomic E-state index is 13.4. The molecule has 2 aromatic carbocycles. The molecule has 1 saturated heterocycles. The van der Waals surface area contributed by atoms with Gasteiger partial charge in [-0.1, -0.05) is 11.6 Å². The third-order valence-corrected chi connectivity index (χ3v) is 6.35. The molecule has 0 saturated carbocycles. The van der Waals surface area contributed by atoms with Crippen molar-refractivity contribution in [3.8, 4) is 28.7 Å². The van der Waals surface area contributed by atoms with Crippen molar-refractivity contribution in [3.05, 3.63) is 46.0 Å². The van der Waals surface area contributed by atoms with Crippen molar-refractivity contribution < 1.29 is 43.1 Å². The first-order chi connectivity index (χ1) is 18.1. The lowest BCUT2D eigenvalue weighted by atomic mass is 9.94. The van der Waals surface area contributed by atoms with Gasteiger partial charge in [-0.2, -0.15) is 0 Å². The summed E-state index contributed by atoms with van der Waals surface area (Å²) in [4.78, 5) is 28.1. The molecule has 1 heterocycles. The first-order valence-electron chi connectivity index (χ1n) is 11.7. The SMILES string of the molecule is COc1cc(/C(O)=C2\C(=O)C(=O)N(CCOC(C)C)C2c2cc(OC)c(OC)c(OC)c2)c(OC)cc1Cl. The van der Waals surface area contributed by atoms with Crippen LogP contribution in [0.25, 0.3) is 5.76 Å². The first-order valence-corrected chi connectivity index (χ1v) is 12.1. The lowest BCUT2D eigenvalue weighted by Crippen LogP contribution is -2.33. The van der Waals surface area contributed by atoms with E-state index in [1.165, 1.54) is 52.6 Å². The zero-order chi connectivity index (χ0) is 28.1. The summed E-state index contributed by atoms with van der Waals surface area (Å²) in [5, 5.41) is 11.8. The third-order valence-electron chi connectivity index (χ3n) is 6.06. The summed E-state index contributed by atoms with van der Waals surface area (Å²) in [6.45, 7) is 3.99. The Balaban J connectivity index is 2.30. The highest BCUT2D eigenvalue weighted by Crippen LogP contribution is 2.47. The second-order valence-electron chi connectivity index (χ2n) is 8.56. The van der Waals surface area contributed by atoms with E-state index >= 15 is 0 Å². The number of ketones is 1. The number of benzene rings is 2. The molecule has 0 spiro atoms. The van der Waals surface area contributed by atoms with Gasteiger partial charge in [0.1, 0.15) is 17.3 Å². The molecule has 1 unspecified atom stereocenters. The zero-order valence-electron chi connectivity index (χ0n) is 22.4. The van der Waals surface area contributed by atoms with Crippen LogP contribution < -0.4 is 23.7 Å². The molecule has 1 aliphatic rings. The van der Waals surface area contributed by atoms with Crippen LogP contribution >= 0.6 is 11.6 Å². The minimum absolute atomic E-state index is 0.0853. The van der Waals surface area contributed by atoms with Crippen molar-refractivity contribution in [2.24, 2.45) is 0 Å². The van der Waals surface area contributed by atoms with Crippen molar-refractivity contribution in [2.75, 3.05) is 48.7 Å². The Morgan fingerprint density at radius 3 is 1.97 bits per heavy atom. The second-order valence-corrected chi connectivity index (χ2v) is 8.96. The highest BCUT2D eigenvalue weighted by molar-refractivity contribution is 6.46. The number of nitrogens with zero attached hydrogens (tertiary/aromatic N) is 1. The van der Waals surface area contributed by atoms with Gasteiger partial charge in [-0.3, -0.25) is 9.59 Å². The topological polar surface area (TPSA) is 113 Å². The number of likely N-dealkylation sites (tertiary alicyclic amines) is 1. The van der Waals surface area contributed by atoms with Gasteiger partial charge in [0.05, 0.1) is 70.5 Å². The van der Waals surface area contributed by atoms with Gasteiger partial charge < -0.3 is 38.4 Å². The predicted molar refractivity (Wildman–Crippen MR) is 141 cm³/mol. The molecule has 0 aliphatic carbocycles. The van der Waals surface area contributed by atoms with Crippen LogP contribution in [0.2, 0.25) is 5.02 Å². The van der Waals surface area contributed by atoms with E-state index in [4.69, 9.17) is 40.0 Å². The number of rotatable bonds is 11. The Labute approximate surface area is 226 Å². The largest absolute Gasteiger partial charge is 0.507 e. The Morgan fingerprint density at radius 1 is 0.895 bits per heavy atom. The molecule has 38 heavy (non-hydrogen) atoms. The van der Waals surface area contributed by atoms with Crippen LogP contribution in [0, 0.1) is 0 Å². The van der Waals surface area contributed by atoms with Crippen LogP contribution in [-0.2, 0) is 14.3 Å². The maximum absolute atomic E-state index is 13.4. The van der Waals surface area contributed by atoms with Crippen LogP contribution in [0.1, 0.15) is 31.0 Å². The van der Waals surface area contributed by atoms with Gasteiger partial charge in [-0.15, -0.1) is 0 Å². The van der Waals surface area contributed by atoms with Crippen LogP contribution in [0.15, 0.2) is 29.8 Å². The molecular formula is C27H32ClNO9. The fourth-order valence-electron chi connectivity index (χ4n) is 4.29. The van der Waals surface area contributed by atoms with Crippen molar-refractivity contribution in [1.29, 1.82) is 0 Å². The predicted octanol–water partition coefficient (Wildman–Crippen LogP) is 4.23. The monoisotopic (exact) mass is 549 g/mol. The molecule has 10 nitrogen and oxygen atoms in total. The molecule has 0 bridgehead atoms. The third kappa shape index (κ3) is 5.46. The van der Waals surface area contributed by atoms with Gasteiger partial charge in [0.15, 0.2) is 11.5 Å². The molecule has 1 fully saturated rings. The lowest BCUT2D eigenvalue weighted by molar-refractivity contribution is -0.140. The number of hydrogen-bond donors (Lipinski definition) is 1. The van der Waals surface area contributed by atoms with Crippen LogP contribution in [0.5, 0.6) is 28.7 Å². The lowest BCUT2D eigenvalue weighted by Gasteiger charge is -2.27. The van der Waals surface area contributed by atoms with Gasteiger partial charge in [0.2, 0.25) is 5.75 Å². The van der Waals surface area contributed by atoms with E-state index in [1.54, 1.807) is 12.1 Å². The second kappa shape index (κ2) is 12.3. The Kier molecular flexibility index (Phi) is 9.35. The number of carbonyl (C=O) groups is 2. The van der Waals surface area contributed by atoms with Crippen LogP contribution in [0.3, 0.4) is 0 Å². The van der Waals surface area contributed by atoms with E-state index in [0.717, 1.165) is 0 Å². The molecule has 0 aromatic heterocycles. The quantitative estimate of drug-likeness (QED) is 0.250. The molecule has 1 aliphatic heterocycles. The molecule has 206 valence electrons. The van der Waals surface area contributed by atoms with Crippen molar-refractivity contribution in [1.82, 2.24) is 4.90 Å². The van der Waals surface area contributed by atoms with Gasteiger partial charge in [0, 0.05) is 12.6 Å². The first kappa shape index (κ1) is 28.9. The molecule has 1 N–H and O–H groups in total. The number of carbonyl (C=O) groups excluding carboxylic acids is 2. The Hall–Kier alpha value is -3.63. The van der Waals surface area contributed by atoms with Gasteiger partial charge in [-0.05, 0) is 37.6 Å². The summed E-state index contributed by atoms with van der Waals surface area (Å²) in [5.74, 6) is -0.721. The van der Waals surface area contributed by atoms with Gasteiger partial charge in [-0.25, -0.2) is 0 Å². The summed E-state index contributed by atoms with van der Waals surface area (Å²) < 4.78 is 32.8. The number of aliphatic hydroxyl groups excluding tert-OH is 1. The van der Waals surface area contributed by atoms with Crippen LogP contribution in [0.4, 0.5) is 0 Å². The average molecular weight is 550 g/mol. The van der Waals surface area contributed by atoms with E-state index in [1.807, 2.05) is 13.8 Å². The summed E-state index contributed by atoms with van der Waals surface area (Å²) in [7, 11) is 7.20. The number of amides is 1. The molecule has 1 atom stereocenters. The summed E-state index contributed by atoms with van der Waals surface area (Å²) >= 11 is 6.24. The number of methoxy groups -OCH3 is 5. The highest BCUT2D eigenvalue weighted by Gasteiger charge is 2.47. The van der Waals surface area contributed by atoms with E-state index in [2.05, 4.69) is 0 Å². The van der Waals surface area contributed by atoms with Crippen molar-refractivity contribution in [3.63, 3.8) is 0 Å². The minimum Gasteiger partial charge on any atom is -0.507 e. The fourth-order valence-corrected chi connectivity index (χ4v) is 4.52. The number of ether oxygens (including phenoxy) is 6. The molecule has 3 rings (SSSR count). The smallest absolute Gasteiger partial charge is 0.295 e. The molecular weight excluding hydrogens is 518 g/mol. The molecule has 0 radical (unpaired) electrons. The summed E-state index contributed by atoms with van der Waals surface area (Å²) in [6, 6.07) is 5.14. The van der Waals surface area contributed by atoms with Crippen LogP contribution in [-0.4, -0.2) is 76.5 Å². The van der Waals surface area contributed by atoms with E-state index in [-0.39, 0.29) is 46.9 Å². The van der Waals surface area contributed by atoms with Crippen molar-refractivity contribution in [2.45, 2.75) is 26.0 Å². The number of hydrogen-bond acceptors (Lipinski definition) is 9. The number of halogens is 1.